The summed E-state index contributed by atoms with van der Waals surface area (Å²) < 4.78 is 0. The number of carbonyl (C=O) groups excluding carboxylic acids is 1. The van der Waals surface area contributed by atoms with Crippen LogP contribution in [0.1, 0.15) is 16.8 Å². The van der Waals surface area contributed by atoms with E-state index in [1.807, 2.05) is 53.1 Å². The van der Waals surface area contributed by atoms with Crippen LogP contribution in [0, 0.1) is 0 Å². The van der Waals surface area contributed by atoms with E-state index in [1.54, 1.807) is 0 Å². The predicted molar refractivity (Wildman–Crippen MR) is 157 cm³/mol. The summed E-state index contributed by atoms with van der Waals surface area (Å²) in [6, 6.07) is 16.0. The standard InChI is InChI=1S/C28H34ClN7OS/c1-33-10-12-35(13-11-33)27(37)20-3-2-4-22(19-20)30-26-25-24(9-18-38-25)31-28(32-26)36-16-14-34(15-17-36)23-7-5-21(29)6-8-23/h2-8,19,26,30H,9-18H2,1H3,(H,31,32). The molecule has 2 fully saturated rings. The number of likely N-dealkylation sites (N-methyl/N-ethyl adjacent to an activating group) is 1. The Balaban J connectivity index is 1.14. The van der Waals surface area contributed by atoms with Crippen LogP contribution < -0.4 is 15.5 Å². The molecule has 6 rings (SSSR count). The normalized spacial score (nSPS) is 22.2. The molecular formula is C28H34ClN7OS. The minimum absolute atomic E-state index is 0.102. The lowest BCUT2D eigenvalue weighted by atomic mass is 10.1. The average Bonchev–Trinajstić information content (AvgIpc) is 3.43. The first-order chi connectivity index (χ1) is 18.5. The molecule has 2 N–H and O–H groups in total. The Morgan fingerprint density at radius 1 is 1.00 bits per heavy atom. The summed E-state index contributed by atoms with van der Waals surface area (Å²) in [5, 5.41) is 8.03. The van der Waals surface area contributed by atoms with Crippen LogP contribution in [-0.2, 0) is 0 Å². The molecule has 200 valence electrons. The molecule has 0 saturated carbocycles. The van der Waals surface area contributed by atoms with Crippen LogP contribution in [0.2, 0.25) is 5.02 Å². The first-order valence-corrected chi connectivity index (χ1v) is 14.7. The molecule has 2 saturated heterocycles. The molecule has 1 unspecified atom stereocenters. The van der Waals surface area contributed by atoms with Crippen molar-refractivity contribution >= 4 is 46.6 Å². The molecule has 1 atom stereocenters. The van der Waals surface area contributed by atoms with Crippen molar-refractivity contribution in [1.82, 2.24) is 20.0 Å². The Morgan fingerprint density at radius 2 is 1.74 bits per heavy atom. The van der Waals surface area contributed by atoms with E-state index in [0.717, 1.165) is 86.8 Å². The fourth-order valence-electron chi connectivity index (χ4n) is 5.37. The third kappa shape index (κ3) is 5.46. The molecule has 4 heterocycles. The van der Waals surface area contributed by atoms with Crippen molar-refractivity contribution < 1.29 is 4.79 Å². The molecule has 1 amide bonds. The monoisotopic (exact) mass is 551 g/mol. The maximum Gasteiger partial charge on any atom is 0.254 e. The highest BCUT2D eigenvalue weighted by atomic mass is 35.5. The lowest BCUT2D eigenvalue weighted by molar-refractivity contribution is 0.0664. The summed E-state index contributed by atoms with van der Waals surface area (Å²) in [5.41, 5.74) is 4.12. The van der Waals surface area contributed by atoms with Gasteiger partial charge in [0.2, 0.25) is 5.96 Å². The Kier molecular flexibility index (Phi) is 7.41. The van der Waals surface area contributed by atoms with Gasteiger partial charge in [0.1, 0.15) is 0 Å². The first kappa shape index (κ1) is 25.4. The van der Waals surface area contributed by atoms with Gasteiger partial charge in [-0.25, -0.2) is 4.99 Å². The topological polar surface area (TPSA) is 66.5 Å². The van der Waals surface area contributed by atoms with Gasteiger partial charge in [-0.15, -0.1) is 11.8 Å². The van der Waals surface area contributed by atoms with Crippen LogP contribution in [0.25, 0.3) is 0 Å². The van der Waals surface area contributed by atoms with Crippen molar-refractivity contribution in [3.63, 3.8) is 0 Å². The average molecular weight is 552 g/mol. The van der Waals surface area contributed by atoms with Gasteiger partial charge in [-0.1, -0.05) is 17.7 Å². The maximum absolute atomic E-state index is 13.1. The van der Waals surface area contributed by atoms with Crippen molar-refractivity contribution in [2.24, 2.45) is 4.99 Å². The Bertz CT molecular complexity index is 1230. The molecular weight excluding hydrogens is 518 g/mol. The van der Waals surface area contributed by atoms with Crippen LogP contribution in [0.3, 0.4) is 0 Å². The third-order valence-electron chi connectivity index (χ3n) is 7.64. The van der Waals surface area contributed by atoms with Gasteiger partial charge >= 0.3 is 0 Å². The largest absolute Gasteiger partial charge is 0.368 e. The van der Waals surface area contributed by atoms with Gasteiger partial charge in [0.25, 0.3) is 5.91 Å². The van der Waals surface area contributed by atoms with Gasteiger partial charge in [-0.2, -0.15) is 0 Å². The number of rotatable bonds is 4. The Labute approximate surface area is 233 Å². The zero-order valence-corrected chi connectivity index (χ0v) is 23.3. The van der Waals surface area contributed by atoms with Crippen molar-refractivity contribution in [2.45, 2.75) is 12.6 Å². The van der Waals surface area contributed by atoms with Crippen molar-refractivity contribution in [2.75, 3.05) is 75.4 Å². The summed E-state index contributed by atoms with van der Waals surface area (Å²) in [5.74, 6) is 2.10. The van der Waals surface area contributed by atoms with E-state index in [0.29, 0.717) is 0 Å². The lowest BCUT2D eigenvalue weighted by Crippen LogP contribution is -2.54. The molecule has 0 bridgehead atoms. The van der Waals surface area contributed by atoms with Crippen LogP contribution in [0.5, 0.6) is 0 Å². The first-order valence-electron chi connectivity index (χ1n) is 13.3. The highest BCUT2D eigenvalue weighted by molar-refractivity contribution is 8.03. The number of nitrogens with zero attached hydrogens (tertiary/aromatic N) is 5. The van der Waals surface area contributed by atoms with E-state index in [1.165, 1.54) is 16.3 Å². The fraction of sp³-hybridized carbons (Fsp3) is 0.429. The number of halogens is 1. The molecule has 0 spiro atoms. The second kappa shape index (κ2) is 11.1. The summed E-state index contributed by atoms with van der Waals surface area (Å²) in [6.45, 7) is 7.02. The quantitative estimate of drug-likeness (QED) is 0.602. The summed E-state index contributed by atoms with van der Waals surface area (Å²) in [7, 11) is 2.10. The summed E-state index contributed by atoms with van der Waals surface area (Å²) in [4.78, 5) is 28.5. The molecule has 2 aromatic carbocycles. The van der Waals surface area contributed by atoms with Crippen molar-refractivity contribution in [1.29, 1.82) is 0 Å². The minimum Gasteiger partial charge on any atom is -0.368 e. The molecule has 4 aliphatic heterocycles. The second-order valence-electron chi connectivity index (χ2n) is 10.2. The zero-order chi connectivity index (χ0) is 26.1. The molecule has 2 aromatic rings. The Morgan fingerprint density at radius 3 is 2.50 bits per heavy atom. The van der Waals surface area contributed by atoms with Crippen LogP contribution >= 0.6 is 23.4 Å². The van der Waals surface area contributed by atoms with Gasteiger partial charge in [0.05, 0.1) is 0 Å². The molecule has 38 heavy (non-hydrogen) atoms. The highest BCUT2D eigenvalue weighted by Gasteiger charge is 2.32. The van der Waals surface area contributed by atoms with Gasteiger partial charge in [-0.05, 0) is 55.9 Å². The van der Waals surface area contributed by atoms with Gasteiger partial charge in [-0.3, -0.25) is 4.79 Å². The van der Waals surface area contributed by atoms with Crippen molar-refractivity contribution in [3.8, 4) is 0 Å². The fourth-order valence-corrected chi connectivity index (χ4v) is 6.62. The minimum atomic E-state index is -0.156. The molecule has 0 radical (unpaired) electrons. The number of anilines is 2. The van der Waals surface area contributed by atoms with E-state index in [2.05, 4.69) is 44.5 Å². The van der Waals surface area contributed by atoms with E-state index < -0.39 is 0 Å². The number of allylic oxidation sites excluding steroid dienone is 1. The number of thioether (sulfide) groups is 1. The van der Waals surface area contributed by atoms with Crippen LogP contribution in [-0.4, -0.2) is 97.9 Å². The molecule has 8 nitrogen and oxygen atoms in total. The highest BCUT2D eigenvalue weighted by Crippen LogP contribution is 2.36. The Hall–Kier alpha value is -2.88. The number of nitrogens with one attached hydrogen (secondary N) is 2. The third-order valence-corrected chi connectivity index (χ3v) is 9.08. The zero-order valence-electron chi connectivity index (χ0n) is 21.7. The SMILES string of the molecule is CN1CCN(C(=O)c2cccc(NC3N=C(N4CCN(c5ccc(Cl)cc5)CC4)NC4=C3SCC4)c2)CC1. The molecule has 0 aromatic heterocycles. The number of hydrogen-bond acceptors (Lipinski definition) is 8. The van der Waals surface area contributed by atoms with E-state index in [4.69, 9.17) is 16.6 Å². The lowest BCUT2D eigenvalue weighted by Gasteiger charge is -2.39. The van der Waals surface area contributed by atoms with Crippen molar-refractivity contribution in [3.05, 3.63) is 69.7 Å². The van der Waals surface area contributed by atoms with Gasteiger partial charge < -0.3 is 30.2 Å². The van der Waals surface area contributed by atoms with Crippen LogP contribution in [0.4, 0.5) is 11.4 Å². The molecule has 4 aliphatic rings. The van der Waals surface area contributed by atoms with E-state index in [-0.39, 0.29) is 12.1 Å². The number of hydrogen-bond donors (Lipinski definition) is 2. The molecule has 10 heteroatoms. The number of benzene rings is 2. The number of aliphatic imine (C=N–C) groups is 1. The predicted octanol–water partition coefficient (Wildman–Crippen LogP) is 3.60. The summed E-state index contributed by atoms with van der Waals surface area (Å²) >= 11 is 7.94. The molecule has 0 aliphatic carbocycles. The maximum atomic E-state index is 13.1. The van der Waals surface area contributed by atoms with Gasteiger partial charge in [0.15, 0.2) is 6.17 Å². The van der Waals surface area contributed by atoms with E-state index in [9.17, 15) is 4.79 Å². The van der Waals surface area contributed by atoms with Gasteiger partial charge in [0, 0.05) is 90.7 Å². The summed E-state index contributed by atoms with van der Waals surface area (Å²) in [6.07, 6.45) is 0.862. The number of carbonyl (C=O) groups is 1. The smallest absolute Gasteiger partial charge is 0.254 e. The number of guanidine groups is 1. The van der Waals surface area contributed by atoms with Crippen LogP contribution in [0.15, 0.2) is 64.1 Å². The second-order valence-corrected chi connectivity index (χ2v) is 11.8. The number of piperazine rings is 2. The van der Waals surface area contributed by atoms with E-state index >= 15 is 0 Å². The number of amides is 1.